The highest BCUT2D eigenvalue weighted by atomic mass is 16.2. The number of carbonyl (C=O) groups is 2. The first-order chi connectivity index (χ1) is 7.50. The summed E-state index contributed by atoms with van der Waals surface area (Å²) in [7, 11) is 1.59. The molecule has 7 nitrogen and oxygen atoms in total. The van der Waals surface area contributed by atoms with Crippen LogP contribution in [0.25, 0.3) is 0 Å². The van der Waals surface area contributed by atoms with Crippen LogP contribution in [-0.2, 0) is 16.1 Å². The topological polar surface area (TPSA) is 118 Å². The molecule has 0 radical (unpaired) electrons. The molecule has 2 amide bonds. The number of amides is 2. The second-order valence-corrected chi connectivity index (χ2v) is 3.51. The van der Waals surface area contributed by atoms with Gasteiger partial charge >= 0.3 is 0 Å². The van der Waals surface area contributed by atoms with E-state index in [2.05, 4.69) is 9.97 Å². The van der Waals surface area contributed by atoms with Gasteiger partial charge in [0.05, 0.1) is 19.0 Å². The molecule has 1 rings (SSSR count). The molecule has 1 aromatic rings. The molecule has 1 aromatic heterocycles. The maximum Gasteiger partial charge on any atom is 0.240 e. The fourth-order valence-corrected chi connectivity index (χ4v) is 1.27. The van der Waals surface area contributed by atoms with Crippen LogP contribution in [0.4, 0.5) is 0 Å². The van der Waals surface area contributed by atoms with Gasteiger partial charge in [0.25, 0.3) is 0 Å². The zero-order valence-corrected chi connectivity index (χ0v) is 9.01. The largest absolute Gasteiger partial charge is 0.370 e. The summed E-state index contributed by atoms with van der Waals surface area (Å²) in [5.41, 5.74) is 10.5. The molecule has 16 heavy (non-hydrogen) atoms. The third-order valence-corrected chi connectivity index (χ3v) is 2.06. The van der Waals surface area contributed by atoms with E-state index in [-0.39, 0.29) is 12.3 Å². The fourth-order valence-electron chi connectivity index (χ4n) is 1.27. The Morgan fingerprint density at radius 2 is 2.31 bits per heavy atom. The maximum absolute atomic E-state index is 11.7. The van der Waals surface area contributed by atoms with Crippen molar-refractivity contribution in [2.75, 3.05) is 7.05 Å². The van der Waals surface area contributed by atoms with Crippen molar-refractivity contribution in [3.05, 3.63) is 18.2 Å². The highest BCUT2D eigenvalue weighted by Crippen LogP contribution is 2.00. The van der Waals surface area contributed by atoms with Gasteiger partial charge in [0, 0.05) is 19.4 Å². The Balaban J connectivity index is 2.50. The van der Waals surface area contributed by atoms with E-state index in [0.717, 1.165) is 0 Å². The summed E-state index contributed by atoms with van der Waals surface area (Å²) in [4.78, 5) is 30.5. The predicted molar refractivity (Wildman–Crippen MR) is 56.8 cm³/mol. The minimum absolute atomic E-state index is 0.151. The summed E-state index contributed by atoms with van der Waals surface area (Å²) < 4.78 is 0. The Morgan fingerprint density at radius 3 is 2.81 bits per heavy atom. The number of rotatable bonds is 5. The van der Waals surface area contributed by atoms with Crippen molar-refractivity contribution in [3.63, 3.8) is 0 Å². The first-order valence-corrected chi connectivity index (χ1v) is 4.78. The summed E-state index contributed by atoms with van der Waals surface area (Å²) in [6.45, 7) is 0.318. The number of nitrogens with one attached hydrogen (secondary N) is 1. The number of H-pyrrole nitrogens is 1. The standard InChI is InChI=1S/C9H15N5O2/c1-14(5-8-12-2-3-13-8)9(16)6(10)4-7(11)15/h2-3,6H,4-5,10H2,1H3,(H2,11,15)(H,12,13). The number of carbonyl (C=O) groups excluding carboxylic acids is 2. The molecule has 7 heteroatoms. The lowest BCUT2D eigenvalue weighted by Gasteiger charge is -2.19. The van der Waals surface area contributed by atoms with E-state index in [4.69, 9.17) is 11.5 Å². The summed E-state index contributed by atoms with van der Waals surface area (Å²) in [6, 6.07) is -0.891. The van der Waals surface area contributed by atoms with Crippen LogP contribution in [-0.4, -0.2) is 39.8 Å². The first kappa shape index (κ1) is 12.2. The van der Waals surface area contributed by atoms with Crippen LogP contribution in [0.1, 0.15) is 12.2 Å². The summed E-state index contributed by atoms with van der Waals surface area (Å²) >= 11 is 0. The SMILES string of the molecule is CN(Cc1ncc[nH]1)C(=O)C(N)CC(N)=O. The van der Waals surface area contributed by atoms with Crippen LogP contribution in [0, 0.1) is 0 Å². The van der Waals surface area contributed by atoms with Crippen LogP contribution >= 0.6 is 0 Å². The number of primary amides is 1. The highest BCUT2D eigenvalue weighted by molar-refractivity contribution is 5.87. The number of nitrogens with two attached hydrogens (primary N) is 2. The van der Waals surface area contributed by atoms with Crippen LogP contribution < -0.4 is 11.5 Å². The fraction of sp³-hybridized carbons (Fsp3) is 0.444. The average Bonchev–Trinajstić information content (AvgIpc) is 2.68. The second kappa shape index (κ2) is 5.26. The molecular weight excluding hydrogens is 210 g/mol. The number of likely N-dealkylation sites (N-methyl/N-ethyl adjacent to an activating group) is 1. The minimum atomic E-state index is -0.891. The Kier molecular flexibility index (Phi) is 4.01. The van der Waals surface area contributed by atoms with Gasteiger partial charge in [0.1, 0.15) is 5.82 Å². The quantitative estimate of drug-likeness (QED) is 0.569. The Morgan fingerprint density at radius 1 is 1.62 bits per heavy atom. The molecule has 0 saturated carbocycles. The lowest BCUT2D eigenvalue weighted by atomic mass is 10.2. The van der Waals surface area contributed by atoms with Crippen molar-refractivity contribution in [1.82, 2.24) is 14.9 Å². The maximum atomic E-state index is 11.7. The second-order valence-electron chi connectivity index (χ2n) is 3.51. The van der Waals surface area contributed by atoms with Crippen molar-refractivity contribution < 1.29 is 9.59 Å². The number of hydrogen-bond donors (Lipinski definition) is 3. The Hall–Kier alpha value is -1.89. The predicted octanol–water partition coefficient (Wildman–Crippen LogP) is -1.43. The number of aromatic nitrogens is 2. The molecule has 1 atom stereocenters. The first-order valence-electron chi connectivity index (χ1n) is 4.78. The molecule has 88 valence electrons. The van der Waals surface area contributed by atoms with E-state index in [1.165, 1.54) is 4.90 Å². The van der Waals surface area contributed by atoms with Crippen molar-refractivity contribution in [3.8, 4) is 0 Å². The normalized spacial score (nSPS) is 12.1. The van der Waals surface area contributed by atoms with E-state index in [1.54, 1.807) is 19.4 Å². The van der Waals surface area contributed by atoms with Crippen LogP contribution in [0.15, 0.2) is 12.4 Å². The molecule has 0 saturated heterocycles. The third kappa shape index (κ3) is 3.35. The molecule has 0 aliphatic carbocycles. The van der Waals surface area contributed by atoms with Crippen molar-refractivity contribution in [2.45, 2.75) is 19.0 Å². The van der Waals surface area contributed by atoms with Crippen molar-refractivity contribution in [1.29, 1.82) is 0 Å². The van der Waals surface area contributed by atoms with Gasteiger partial charge in [-0.3, -0.25) is 9.59 Å². The van der Waals surface area contributed by atoms with Gasteiger partial charge in [-0.25, -0.2) is 4.98 Å². The molecule has 0 spiro atoms. The molecule has 5 N–H and O–H groups in total. The molecule has 0 fully saturated rings. The van der Waals surface area contributed by atoms with E-state index in [1.807, 2.05) is 0 Å². The summed E-state index contributed by atoms with van der Waals surface area (Å²) in [5, 5.41) is 0. The number of aromatic amines is 1. The van der Waals surface area contributed by atoms with Gasteiger partial charge in [-0.15, -0.1) is 0 Å². The Labute approximate surface area is 92.8 Å². The summed E-state index contributed by atoms with van der Waals surface area (Å²) in [6.07, 6.45) is 3.11. The van der Waals surface area contributed by atoms with E-state index >= 15 is 0 Å². The van der Waals surface area contributed by atoms with E-state index in [9.17, 15) is 9.59 Å². The molecule has 0 aliphatic rings. The number of imidazole rings is 1. The zero-order chi connectivity index (χ0) is 12.1. The average molecular weight is 225 g/mol. The lowest BCUT2D eigenvalue weighted by Crippen LogP contribution is -2.43. The smallest absolute Gasteiger partial charge is 0.240 e. The van der Waals surface area contributed by atoms with Gasteiger partial charge < -0.3 is 21.4 Å². The van der Waals surface area contributed by atoms with Crippen molar-refractivity contribution >= 4 is 11.8 Å². The Bertz CT molecular complexity index is 362. The zero-order valence-electron chi connectivity index (χ0n) is 9.01. The van der Waals surface area contributed by atoms with E-state index in [0.29, 0.717) is 12.4 Å². The van der Waals surface area contributed by atoms with Crippen LogP contribution in [0.5, 0.6) is 0 Å². The van der Waals surface area contributed by atoms with Gasteiger partial charge in [-0.05, 0) is 0 Å². The lowest BCUT2D eigenvalue weighted by molar-refractivity contribution is -0.134. The molecular formula is C9H15N5O2. The molecule has 1 unspecified atom stereocenters. The monoisotopic (exact) mass is 225 g/mol. The van der Waals surface area contributed by atoms with Gasteiger partial charge in [0.2, 0.25) is 11.8 Å². The molecule has 0 bridgehead atoms. The van der Waals surface area contributed by atoms with Gasteiger partial charge in [-0.2, -0.15) is 0 Å². The number of nitrogens with zero attached hydrogens (tertiary/aromatic N) is 2. The summed E-state index contributed by atoms with van der Waals surface area (Å²) in [5.74, 6) is -0.274. The van der Waals surface area contributed by atoms with Crippen LogP contribution in [0.3, 0.4) is 0 Å². The van der Waals surface area contributed by atoms with Crippen LogP contribution in [0.2, 0.25) is 0 Å². The van der Waals surface area contributed by atoms with Gasteiger partial charge in [0.15, 0.2) is 0 Å². The number of hydrogen-bond acceptors (Lipinski definition) is 4. The highest BCUT2D eigenvalue weighted by Gasteiger charge is 2.20. The third-order valence-electron chi connectivity index (χ3n) is 2.06. The van der Waals surface area contributed by atoms with Gasteiger partial charge in [-0.1, -0.05) is 0 Å². The molecule has 0 aromatic carbocycles. The molecule has 1 heterocycles. The van der Waals surface area contributed by atoms with Crippen molar-refractivity contribution in [2.24, 2.45) is 11.5 Å². The van der Waals surface area contributed by atoms with E-state index < -0.39 is 11.9 Å². The molecule has 0 aliphatic heterocycles. The minimum Gasteiger partial charge on any atom is -0.370 e.